The Hall–Kier alpha value is -3.22. The molecule has 22 heavy (non-hydrogen) atoms. The average molecular weight is 299 g/mol. The third kappa shape index (κ3) is 3.89. The highest BCUT2D eigenvalue weighted by atomic mass is 16.6. The minimum atomic E-state index is -0.517. The van der Waals surface area contributed by atoms with Crippen LogP contribution in [0, 0.1) is 10.1 Å². The van der Waals surface area contributed by atoms with E-state index in [0.29, 0.717) is 16.9 Å². The van der Waals surface area contributed by atoms with E-state index >= 15 is 0 Å². The summed E-state index contributed by atoms with van der Waals surface area (Å²) in [6.07, 6.45) is 0. The molecule has 0 unspecified atom stereocenters. The molecule has 0 aromatic heterocycles. The number of hydrogen-bond acceptors (Lipinski definition) is 4. The second-order valence-corrected chi connectivity index (χ2v) is 4.52. The summed E-state index contributed by atoms with van der Waals surface area (Å²) in [5, 5.41) is 15.7. The lowest BCUT2D eigenvalue weighted by molar-refractivity contribution is -0.384. The number of hydrogen-bond donors (Lipinski definition) is 2. The topological polar surface area (TPSA) is 101 Å². The summed E-state index contributed by atoms with van der Waals surface area (Å²) < 4.78 is 0. The van der Waals surface area contributed by atoms with Gasteiger partial charge in [0.25, 0.3) is 5.69 Å². The van der Waals surface area contributed by atoms with E-state index in [1.807, 2.05) is 0 Å². The first kappa shape index (κ1) is 15.2. The minimum Gasteiger partial charge on any atom is -0.308 e. The number of urea groups is 1. The van der Waals surface area contributed by atoms with E-state index in [-0.39, 0.29) is 11.5 Å². The molecule has 0 bridgehead atoms. The lowest BCUT2D eigenvalue weighted by Crippen LogP contribution is -2.19. The molecule has 0 aliphatic carbocycles. The predicted molar refractivity (Wildman–Crippen MR) is 82.2 cm³/mol. The third-order valence-corrected chi connectivity index (χ3v) is 2.86. The number of nitro groups is 1. The Morgan fingerprint density at radius 2 is 1.64 bits per heavy atom. The highest BCUT2D eigenvalue weighted by Crippen LogP contribution is 2.16. The zero-order valence-corrected chi connectivity index (χ0v) is 11.7. The Labute approximate surface area is 126 Å². The van der Waals surface area contributed by atoms with E-state index in [4.69, 9.17) is 0 Å². The molecule has 7 nitrogen and oxygen atoms in total. The molecule has 0 spiro atoms. The number of carbonyl (C=O) groups is 2. The summed E-state index contributed by atoms with van der Waals surface area (Å²) in [4.78, 5) is 33.1. The molecule has 112 valence electrons. The van der Waals surface area contributed by atoms with Crippen LogP contribution in [0.4, 0.5) is 21.9 Å². The summed E-state index contributed by atoms with van der Waals surface area (Å²) in [6.45, 7) is 1.44. The first-order valence-corrected chi connectivity index (χ1v) is 6.39. The highest BCUT2D eigenvalue weighted by Gasteiger charge is 2.07. The lowest BCUT2D eigenvalue weighted by Gasteiger charge is -2.08. The SMILES string of the molecule is CC(=O)c1cccc(NC(=O)Nc2ccc([N+](=O)[O-])cc2)c1. The van der Waals surface area contributed by atoms with Gasteiger partial charge in [0.2, 0.25) is 0 Å². The smallest absolute Gasteiger partial charge is 0.308 e. The Bertz CT molecular complexity index is 726. The van der Waals surface area contributed by atoms with Crippen LogP contribution in [0.5, 0.6) is 0 Å². The number of amides is 2. The monoisotopic (exact) mass is 299 g/mol. The van der Waals surface area contributed by atoms with Crippen LogP contribution in [0.15, 0.2) is 48.5 Å². The molecule has 7 heteroatoms. The van der Waals surface area contributed by atoms with Gasteiger partial charge in [-0.1, -0.05) is 12.1 Å². The van der Waals surface area contributed by atoms with Crippen molar-refractivity contribution >= 4 is 28.9 Å². The number of non-ortho nitro benzene ring substituents is 1. The van der Waals surface area contributed by atoms with Gasteiger partial charge in [0.05, 0.1) is 4.92 Å². The molecule has 0 aliphatic heterocycles. The van der Waals surface area contributed by atoms with Gasteiger partial charge in [-0.05, 0) is 31.2 Å². The number of anilines is 2. The second-order valence-electron chi connectivity index (χ2n) is 4.52. The number of nitrogens with zero attached hydrogens (tertiary/aromatic N) is 1. The van der Waals surface area contributed by atoms with E-state index in [9.17, 15) is 19.7 Å². The number of benzene rings is 2. The Balaban J connectivity index is 2.02. The fraction of sp³-hybridized carbons (Fsp3) is 0.0667. The van der Waals surface area contributed by atoms with Crippen LogP contribution in [0.3, 0.4) is 0 Å². The van der Waals surface area contributed by atoms with Crippen molar-refractivity contribution in [3.63, 3.8) is 0 Å². The van der Waals surface area contributed by atoms with E-state index in [1.165, 1.54) is 31.2 Å². The Kier molecular flexibility index (Phi) is 4.47. The van der Waals surface area contributed by atoms with E-state index in [1.54, 1.807) is 24.3 Å². The number of nitro benzene ring substituents is 1. The highest BCUT2D eigenvalue weighted by molar-refractivity contribution is 6.01. The van der Waals surface area contributed by atoms with Crippen molar-refractivity contribution in [2.75, 3.05) is 10.6 Å². The van der Waals surface area contributed by atoms with Crippen molar-refractivity contribution in [2.24, 2.45) is 0 Å². The standard InChI is InChI=1S/C15H13N3O4/c1-10(19)11-3-2-4-13(9-11)17-15(20)16-12-5-7-14(8-6-12)18(21)22/h2-9H,1H3,(H2,16,17,20). The molecule has 2 N–H and O–H groups in total. The lowest BCUT2D eigenvalue weighted by atomic mass is 10.1. The molecule has 0 aliphatic rings. The molecule has 0 saturated heterocycles. The van der Waals surface area contributed by atoms with Crippen molar-refractivity contribution in [1.82, 2.24) is 0 Å². The van der Waals surface area contributed by atoms with Crippen molar-refractivity contribution < 1.29 is 14.5 Å². The maximum atomic E-state index is 11.8. The Morgan fingerprint density at radius 3 is 2.23 bits per heavy atom. The van der Waals surface area contributed by atoms with Crippen molar-refractivity contribution in [1.29, 1.82) is 0 Å². The van der Waals surface area contributed by atoms with Gasteiger partial charge in [-0.2, -0.15) is 0 Å². The zero-order valence-electron chi connectivity index (χ0n) is 11.7. The maximum Gasteiger partial charge on any atom is 0.323 e. The summed E-state index contributed by atoms with van der Waals surface area (Å²) in [5.74, 6) is -0.0978. The fourth-order valence-electron chi connectivity index (χ4n) is 1.78. The van der Waals surface area contributed by atoms with Gasteiger partial charge in [0.1, 0.15) is 0 Å². The summed E-state index contributed by atoms with van der Waals surface area (Å²) >= 11 is 0. The fourth-order valence-corrected chi connectivity index (χ4v) is 1.78. The molecule has 0 heterocycles. The van der Waals surface area contributed by atoms with Crippen molar-refractivity contribution in [3.05, 3.63) is 64.2 Å². The first-order chi connectivity index (χ1) is 10.5. The van der Waals surface area contributed by atoms with Gasteiger partial charge in [0, 0.05) is 29.1 Å². The van der Waals surface area contributed by atoms with Crippen molar-refractivity contribution in [3.8, 4) is 0 Å². The van der Waals surface area contributed by atoms with E-state index in [0.717, 1.165) is 0 Å². The minimum absolute atomic E-state index is 0.0554. The van der Waals surface area contributed by atoms with E-state index < -0.39 is 11.0 Å². The van der Waals surface area contributed by atoms with Gasteiger partial charge in [-0.15, -0.1) is 0 Å². The van der Waals surface area contributed by atoms with Gasteiger partial charge in [0.15, 0.2) is 5.78 Å². The van der Waals surface area contributed by atoms with Crippen LogP contribution < -0.4 is 10.6 Å². The largest absolute Gasteiger partial charge is 0.323 e. The van der Waals surface area contributed by atoms with Crippen LogP contribution in [0.25, 0.3) is 0 Å². The Morgan fingerprint density at radius 1 is 1.00 bits per heavy atom. The van der Waals surface area contributed by atoms with Crippen LogP contribution in [0.2, 0.25) is 0 Å². The number of rotatable bonds is 4. The number of Topliss-reactive ketones (excluding diaryl/α,β-unsaturated/α-hetero) is 1. The summed E-state index contributed by atoms with van der Waals surface area (Å²) in [5.41, 5.74) is 1.34. The van der Waals surface area contributed by atoms with Crippen molar-refractivity contribution in [2.45, 2.75) is 6.92 Å². The molecule has 0 radical (unpaired) electrons. The quantitative estimate of drug-likeness (QED) is 0.513. The molecule has 2 aromatic carbocycles. The van der Waals surface area contributed by atoms with Gasteiger partial charge >= 0.3 is 6.03 Å². The van der Waals surface area contributed by atoms with Crippen LogP contribution >= 0.6 is 0 Å². The molecule has 0 saturated carbocycles. The number of ketones is 1. The second kappa shape index (κ2) is 6.49. The summed E-state index contributed by atoms with van der Waals surface area (Å²) in [6, 6.07) is 11.5. The molecule has 2 rings (SSSR count). The normalized spacial score (nSPS) is 9.86. The van der Waals surface area contributed by atoms with Crippen LogP contribution in [-0.4, -0.2) is 16.7 Å². The zero-order chi connectivity index (χ0) is 16.1. The number of nitrogens with one attached hydrogen (secondary N) is 2. The van der Waals surface area contributed by atoms with Crippen LogP contribution in [-0.2, 0) is 0 Å². The van der Waals surface area contributed by atoms with Crippen LogP contribution in [0.1, 0.15) is 17.3 Å². The maximum absolute atomic E-state index is 11.8. The number of carbonyl (C=O) groups excluding carboxylic acids is 2. The summed E-state index contributed by atoms with van der Waals surface area (Å²) in [7, 11) is 0. The van der Waals surface area contributed by atoms with E-state index in [2.05, 4.69) is 10.6 Å². The third-order valence-electron chi connectivity index (χ3n) is 2.86. The molecular formula is C15H13N3O4. The molecule has 0 atom stereocenters. The van der Waals surface area contributed by atoms with Gasteiger partial charge in [-0.25, -0.2) is 4.79 Å². The average Bonchev–Trinajstić information content (AvgIpc) is 2.47. The predicted octanol–water partition coefficient (Wildman–Crippen LogP) is 3.44. The first-order valence-electron chi connectivity index (χ1n) is 6.39. The van der Waals surface area contributed by atoms with Gasteiger partial charge < -0.3 is 10.6 Å². The van der Waals surface area contributed by atoms with Gasteiger partial charge in [-0.3, -0.25) is 14.9 Å². The molecule has 2 aromatic rings. The molecule has 2 amide bonds. The molecular weight excluding hydrogens is 286 g/mol. The molecule has 0 fully saturated rings.